The monoisotopic (exact) mass is 309 g/mol. The fourth-order valence-corrected chi connectivity index (χ4v) is 2.88. The van der Waals surface area contributed by atoms with Crippen molar-refractivity contribution in [2.75, 3.05) is 23.9 Å². The van der Waals surface area contributed by atoms with Crippen LogP contribution in [-0.2, 0) is 9.84 Å². The Bertz CT molecular complexity index is 752. The van der Waals surface area contributed by atoms with E-state index in [9.17, 15) is 8.42 Å². The van der Waals surface area contributed by atoms with E-state index in [0.29, 0.717) is 12.4 Å². The summed E-state index contributed by atoms with van der Waals surface area (Å²) in [6, 6.07) is 3.63. The van der Waals surface area contributed by atoms with Gasteiger partial charge in [-0.25, -0.2) is 13.4 Å². The highest BCUT2D eigenvalue weighted by Gasteiger charge is 2.25. The highest BCUT2D eigenvalue weighted by molar-refractivity contribution is 7.91. The molecule has 0 spiro atoms. The summed E-state index contributed by atoms with van der Waals surface area (Å²) in [4.78, 5) is 4.20. The van der Waals surface area contributed by atoms with Crippen molar-refractivity contribution in [3.63, 3.8) is 0 Å². The van der Waals surface area contributed by atoms with E-state index in [2.05, 4.69) is 15.4 Å². The van der Waals surface area contributed by atoms with Crippen LogP contribution in [0.2, 0.25) is 0 Å². The van der Waals surface area contributed by atoms with Crippen LogP contribution in [0.4, 0.5) is 11.6 Å². The van der Waals surface area contributed by atoms with Gasteiger partial charge in [0.15, 0.2) is 26.4 Å². The van der Waals surface area contributed by atoms with Gasteiger partial charge in [-0.2, -0.15) is 4.68 Å². The molecule has 2 heterocycles. The number of anilines is 2. The van der Waals surface area contributed by atoms with E-state index in [1.165, 1.54) is 4.68 Å². The zero-order valence-corrected chi connectivity index (χ0v) is 13.1. The van der Waals surface area contributed by atoms with Crippen LogP contribution in [0.3, 0.4) is 0 Å². The van der Waals surface area contributed by atoms with Gasteiger partial charge in [0.05, 0.1) is 0 Å². The standard InChI is InChI=1S/C13H19N5O2S/c1-4-6-16-13-11(21(3,19)20)12(14)18(17-13)10-8-9(2)5-7-15-10/h5,7-8H,4,6,14H2,1-3H3,(H,16,17). The summed E-state index contributed by atoms with van der Waals surface area (Å²) in [5, 5.41) is 7.26. The maximum absolute atomic E-state index is 12.0. The second-order valence-corrected chi connectivity index (χ2v) is 6.82. The molecule has 7 nitrogen and oxygen atoms in total. The number of sulfone groups is 1. The van der Waals surface area contributed by atoms with Crippen LogP contribution in [0.15, 0.2) is 23.2 Å². The normalized spacial score (nSPS) is 11.6. The van der Waals surface area contributed by atoms with Crippen LogP contribution in [0.25, 0.3) is 5.82 Å². The van der Waals surface area contributed by atoms with Gasteiger partial charge in [-0.05, 0) is 31.0 Å². The average Bonchev–Trinajstić information content (AvgIpc) is 2.73. The van der Waals surface area contributed by atoms with E-state index >= 15 is 0 Å². The number of aromatic nitrogens is 3. The van der Waals surface area contributed by atoms with Crippen molar-refractivity contribution in [2.45, 2.75) is 25.2 Å². The predicted octanol–water partition coefficient (Wildman–Crippen LogP) is 1.38. The first kappa shape index (κ1) is 15.3. The molecule has 8 heteroatoms. The summed E-state index contributed by atoms with van der Waals surface area (Å²) < 4.78 is 25.3. The molecular formula is C13H19N5O2S. The van der Waals surface area contributed by atoms with E-state index in [0.717, 1.165) is 18.2 Å². The van der Waals surface area contributed by atoms with E-state index in [4.69, 9.17) is 5.73 Å². The van der Waals surface area contributed by atoms with Crippen LogP contribution < -0.4 is 11.1 Å². The summed E-state index contributed by atoms with van der Waals surface area (Å²) in [7, 11) is -3.49. The number of nitrogens with one attached hydrogen (secondary N) is 1. The Morgan fingerprint density at radius 3 is 2.71 bits per heavy atom. The molecule has 2 rings (SSSR count). The molecule has 114 valence electrons. The number of nitrogens with two attached hydrogens (primary N) is 1. The molecule has 2 aromatic heterocycles. The van der Waals surface area contributed by atoms with Gasteiger partial charge in [-0.15, -0.1) is 5.10 Å². The van der Waals surface area contributed by atoms with Crippen LogP contribution >= 0.6 is 0 Å². The molecule has 0 unspecified atom stereocenters. The largest absolute Gasteiger partial charge is 0.382 e. The first-order valence-electron chi connectivity index (χ1n) is 6.60. The summed E-state index contributed by atoms with van der Waals surface area (Å²) in [6.45, 7) is 4.51. The molecule has 0 aliphatic carbocycles. The van der Waals surface area contributed by atoms with Gasteiger partial charge < -0.3 is 11.1 Å². The van der Waals surface area contributed by atoms with Crippen molar-refractivity contribution in [3.8, 4) is 5.82 Å². The second kappa shape index (κ2) is 5.72. The van der Waals surface area contributed by atoms with Gasteiger partial charge in [0, 0.05) is 19.0 Å². The van der Waals surface area contributed by atoms with Crippen LogP contribution in [-0.4, -0.2) is 36.0 Å². The Kier molecular flexibility index (Phi) is 4.17. The maximum atomic E-state index is 12.0. The molecule has 0 saturated heterocycles. The van der Waals surface area contributed by atoms with Crippen LogP contribution in [0, 0.1) is 6.92 Å². The minimum absolute atomic E-state index is 0.0132. The third-order valence-corrected chi connectivity index (χ3v) is 4.05. The second-order valence-electron chi connectivity index (χ2n) is 4.87. The molecule has 21 heavy (non-hydrogen) atoms. The molecule has 0 bridgehead atoms. The minimum atomic E-state index is -3.49. The third kappa shape index (κ3) is 3.15. The van der Waals surface area contributed by atoms with Crippen molar-refractivity contribution in [2.24, 2.45) is 0 Å². The Morgan fingerprint density at radius 1 is 1.43 bits per heavy atom. The number of nitrogen functional groups attached to an aromatic ring is 1. The summed E-state index contributed by atoms with van der Waals surface area (Å²) in [5.74, 6) is 0.816. The maximum Gasteiger partial charge on any atom is 0.182 e. The van der Waals surface area contributed by atoms with E-state index in [1.54, 1.807) is 12.3 Å². The molecule has 0 amide bonds. The smallest absolute Gasteiger partial charge is 0.182 e. The van der Waals surface area contributed by atoms with Gasteiger partial charge in [0.25, 0.3) is 0 Å². The molecule has 0 saturated carbocycles. The lowest BCUT2D eigenvalue weighted by Gasteiger charge is -2.03. The van der Waals surface area contributed by atoms with E-state index in [1.807, 2.05) is 19.9 Å². The fourth-order valence-electron chi connectivity index (χ4n) is 1.95. The van der Waals surface area contributed by atoms with Gasteiger partial charge in [-0.1, -0.05) is 6.92 Å². The zero-order valence-electron chi connectivity index (χ0n) is 12.3. The van der Waals surface area contributed by atoms with Crippen molar-refractivity contribution < 1.29 is 8.42 Å². The Labute approximate surface area is 124 Å². The van der Waals surface area contributed by atoms with Gasteiger partial charge in [0.2, 0.25) is 0 Å². The van der Waals surface area contributed by atoms with Crippen molar-refractivity contribution in [1.29, 1.82) is 0 Å². The quantitative estimate of drug-likeness (QED) is 0.865. The molecule has 0 fully saturated rings. The number of aryl methyl sites for hydroxylation is 1. The van der Waals surface area contributed by atoms with Crippen molar-refractivity contribution in [3.05, 3.63) is 23.9 Å². The topological polar surface area (TPSA) is 103 Å². The molecule has 0 aromatic carbocycles. The number of hydrogen-bond acceptors (Lipinski definition) is 6. The molecule has 0 atom stereocenters. The molecule has 0 aliphatic heterocycles. The number of pyridine rings is 1. The molecule has 2 aromatic rings. The SMILES string of the molecule is CCCNc1nn(-c2cc(C)ccn2)c(N)c1S(C)(=O)=O. The third-order valence-electron chi connectivity index (χ3n) is 2.91. The molecule has 0 aliphatic rings. The summed E-state index contributed by atoms with van der Waals surface area (Å²) in [6.07, 6.45) is 3.59. The van der Waals surface area contributed by atoms with Gasteiger partial charge in [0.1, 0.15) is 5.82 Å². The predicted molar refractivity (Wildman–Crippen MR) is 82.4 cm³/mol. The Hall–Kier alpha value is -2.09. The van der Waals surface area contributed by atoms with Gasteiger partial charge in [-0.3, -0.25) is 0 Å². The van der Waals surface area contributed by atoms with E-state index in [-0.39, 0.29) is 16.5 Å². The first-order valence-corrected chi connectivity index (χ1v) is 8.49. The summed E-state index contributed by atoms with van der Waals surface area (Å²) in [5.41, 5.74) is 6.97. The van der Waals surface area contributed by atoms with Crippen molar-refractivity contribution in [1.82, 2.24) is 14.8 Å². The number of nitrogens with zero attached hydrogens (tertiary/aromatic N) is 3. The first-order chi connectivity index (χ1) is 9.84. The molecule has 0 radical (unpaired) electrons. The van der Waals surface area contributed by atoms with E-state index < -0.39 is 9.84 Å². The highest BCUT2D eigenvalue weighted by atomic mass is 32.2. The highest BCUT2D eigenvalue weighted by Crippen LogP contribution is 2.29. The average molecular weight is 309 g/mol. The number of rotatable bonds is 5. The lowest BCUT2D eigenvalue weighted by molar-refractivity contribution is 0.602. The van der Waals surface area contributed by atoms with Gasteiger partial charge >= 0.3 is 0 Å². The lowest BCUT2D eigenvalue weighted by Crippen LogP contribution is -2.07. The molecular weight excluding hydrogens is 290 g/mol. The Balaban J connectivity index is 2.61. The Morgan fingerprint density at radius 2 is 2.14 bits per heavy atom. The fraction of sp³-hybridized carbons (Fsp3) is 0.385. The van der Waals surface area contributed by atoms with Crippen molar-refractivity contribution >= 4 is 21.5 Å². The zero-order chi connectivity index (χ0) is 15.6. The van der Waals surface area contributed by atoms with Crippen LogP contribution in [0.1, 0.15) is 18.9 Å². The molecule has 3 N–H and O–H groups in total. The summed E-state index contributed by atoms with van der Waals surface area (Å²) >= 11 is 0. The van der Waals surface area contributed by atoms with Crippen LogP contribution in [0.5, 0.6) is 0 Å². The number of hydrogen-bond donors (Lipinski definition) is 2. The minimum Gasteiger partial charge on any atom is -0.382 e. The lowest BCUT2D eigenvalue weighted by atomic mass is 10.3.